The summed E-state index contributed by atoms with van der Waals surface area (Å²) < 4.78 is 5.74. The number of ether oxygens (including phenoxy) is 1. The number of nitrogens with zero attached hydrogens (tertiary/aromatic N) is 1. The van der Waals surface area contributed by atoms with Gasteiger partial charge in [0.1, 0.15) is 5.76 Å². The number of ketones is 1. The highest BCUT2D eigenvalue weighted by atomic mass is 35.5. The van der Waals surface area contributed by atoms with Crippen molar-refractivity contribution in [2.24, 2.45) is 0 Å². The highest BCUT2D eigenvalue weighted by Gasteiger charge is 2.41. The van der Waals surface area contributed by atoms with E-state index in [1.165, 1.54) is 4.90 Å². The highest BCUT2D eigenvalue weighted by Crippen LogP contribution is 2.31. The number of carbonyl (C=O) groups excluding carboxylic acids is 2. The Kier molecular flexibility index (Phi) is 5.82. The van der Waals surface area contributed by atoms with Gasteiger partial charge in [-0.2, -0.15) is 0 Å². The van der Waals surface area contributed by atoms with Crippen LogP contribution in [-0.2, 0) is 20.7 Å². The monoisotopic (exact) mass is 417 g/mol. The molecule has 0 fully saturated rings. The number of carbonyl (C=O) groups is 2. The van der Waals surface area contributed by atoms with Crippen molar-refractivity contribution in [1.29, 1.82) is 0 Å². The van der Waals surface area contributed by atoms with Crippen molar-refractivity contribution < 1.29 is 14.3 Å². The first-order valence-corrected chi connectivity index (χ1v) is 9.65. The van der Waals surface area contributed by atoms with Gasteiger partial charge in [-0.15, -0.1) is 0 Å². The number of hydrogen-bond acceptors (Lipinski definition) is 3. The Morgan fingerprint density at radius 1 is 1.11 bits per heavy atom. The Bertz CT molecular complexity index is 931. The molecule has 0 aromatic heterocycles. The average Bonchev–Trinajstić information content (AvgIpc) is 2.61. The van der Waals surface area contributed by atoms with Gasteiger partial charge in [-0.1, -0.05) is 53.5 Å². The molecule has 0 aliphatic carbocycles. The number of benzene rings is 2. The van der Waals surface area contributed by atoms with E-state index >= 15 is 0 Å². The number of Topliss-reactive ketones (excluding diaryl/α,β-unsaturated/α-hetero) is 1. The maximum Gasteiger partial charge on any atom is 0.261 e. The minimum absolute atomic E-state index is 0.0239. The topological polar surface area (TPSA) is 46.6 Å². The Labute approximate surface area is 174 Å². The van der Waals surface area contributed by atoms with Gasteiger partial charge in [0.2, 0.25) is 0 Å². The summed E-state index contributed by atoms with van der Waals surface area (Å²) in [7, 11) is 0. The molecule has 0 atom stereocenters. The lowest BCUT2D eigenvalue weighted by Crippen LogP contribution is -2.56. The van der Waals surface area contributed by atoms with Crippen LogP contribution in [0.25, 0.3) is 5.57 Å². The maximum atomic E-state index is 13.2. The van der Waals surface area contributed by atoms with E-state index in [1.807, 2.05) is 30.3 Å². The molecule has 0 spiro atoms. The molecule has 3 rings (SSSR count). The summed E-state index contributed by atoms with van der Waals surface area (Å²) in [5.74, 6) is 0.199. The van der Waals surface area contributed by atoms with Crippen LogP contribution >= 0.6 is 23.2 Å². The van der Waals surface area contributed by atoms with Crippen LogP contribution in [0.5, 0.6) is 0 Å². The minimum atomic E-state index is -1.06. The van der Waals surface area contributed by atoms with Gasteiger partial charge in [0.05, 0.1) is 11.1 Å². The normalized spacial score (nSPS) is 14.9. The second-order valence-corrected chi connectivity index (χ2v) is 8.11. The Balaban J connectivity index is 1.87. The third-order valence-corrected chi connectivity index (χ3v) is 5.36. The van der Waals surface area contributed by atoms with Crippen molar-refractivity contribution in [3.63, 3.8) is 0 Å². The molecule has 0 unspecified atom stereocenters. The summed E-state index contributed by atoms with van der Waals surface area (Å²) in [6.07, 6.45) is 0.112. The first-order valence-electron chi connectivity index (χ1n) is 8.89. The van der Waals surface area contributed by atoms with Crippen molar-refractivity contribution in [3.8, 4) is 0 Å². The van der Waals surface area contributed by atoms with Gasteiger partial charge in [0.15, 0.2) is 12.5 Å². The van der Waals surface area contributed by atoms with Crippen LogP contribution in [0.3, 0.4) is 0 Å². The quantitative estimate of drug-likeness (QED) is 0.676. The second-order valence-electron chi connectivity index (χ2n) is 7.24. The zero-order chi connectivity index (χ0) is 20.5. The zero-order valence-corrected chi connectivity index (χ0v) is 17.5. The fraction of sp³-hybridized carbons (Fsp3) is 0.273. The van der Waals surface area contributed by atoms with E-state index in [9.17, 15) is 9.59 Å². The fourth-order valence-corrected chi connectivity index (χ4v) is 3.76. The smallest absolute Gasteiger partial charge is 0.261 e. The van der Waals surface area contributed by atoms with Gasteiger partial charge >= 0.3 is 0 Å². The number of hydrogen-bond donors (Lipinski definition) is 0. The molecular formula is C22H21Cl2NO3. The Hall–Kier alpha value is -2.30. The standard InChI is InChI=1S/C22H21Cl2NO3/c1-14-20(16-7-5-4-6-8-16)21(27)25(13-28-14)22(2,3)19(26)11-15-9-17(23)12-18(24)10-15/h4-10,12H,11,13H2,1-3H3. The summed E-state index contributed by atoms with van der Waals surface area (Å²) in [6, 6.07) is 14.3. The Morgan fingerprint density at radius 3 is 2.32 bits per heavy atom. The molecule has 1 amide bonds. The van der Waals surface area contributed by atoms with Gasteiger partial charge < -0.3 is 4.74 Å². The predicted molar refractivity (Wildman–Crippen MR) is 111 cm³/mol. The number of rotatable bonds is 5. The lowest BCUT2D eigenvalue weighted by molar-refractivity contribution is -0.148. The molecule has 28 heavy (non-hydrogen) atoms. The van der Waals surface area contributed by atoms with Crippen molar-refractivity contribution in [2.75, 3.05) is 6.73 Å². The van der Waals surface area contributed by atoms with E-state index in [-0.39, 0.29) is 24.8 Å². The van der Waals surface area contributed by atoms with Crippen LogP contribution in [0.15, 0.2) is 54.3 Å². The van der Waals surface area contributed by atoms with Crippen molar-refractivity contribution in [3.05, 3.63) is 75.5 Å². The molecule has 0 bridgehead atoms. The largest absolute Gasteiger partial charge is 0.477 e. The molecule has 146 valence electrons. The van der Waals surface area contributed by atoms with Crippen LogP contribution < -0.4 is 0 Å². The van der Waals surface area contributed by atoms with Crippen LogP contribution in [0, 0.1) is 0 Å². The average molecular weight is 418 g/mol. The van der Waals surface area contributed by atoms with E-state index in [4.69, 9.17) is 27.9 Å². The highest BCUT2D eigenvalue weighted by molar-refractivity contribution is 6.34. The van der Waals surface area contributed by atoms with E-state index in [2.05, 4.69) is 0 Å². The first-order chi connectivity index (χ1) is 13.2. The van der Waals surface area contributed by atoms with Crippen molar-refractivity contribution in [2.45, 2.75) is 32.7 Å². The third-order valence-electron chi connectivity index (χ3n) is 4.93. The first kappa shape index (κ1) is 20.4. The van der Waals surface area contributed by atoms with E-state index in [0.29, 0.717) is 26.9 Å². The van der Waals surface area contributed by atoms with Crippen LogP contribution in [-0.4, -0.2) is 28.9 Å². The summed E-state index contributed by atoms with van der Waals surface area (Å²) in [6.45, 7) is 5.24. The SMILES string of the molecule is CC1=C(c2ccccc2)C(=O)N(C(C)(C)C(=O)Cc2cc(Cl)cc(Cl)c2)CO1. The van der Waals surface area contributed by atoms with E-state index < -0.39 is 5.54 Å². The molecule has 6 heteroatoms. The van der Waals surface area contributed by atoms with Gasteiger partial charge in [-0.05, 0) is 50.1 Å². The van der Waals surface area contributed by atoms with E-state index in [0.717, 1.165) is 5.56 Å². The summed E-state index contributed by atoms with van der Waals surface area (Å²) in [4.78, 5) is 27.8. The zero-order valence-electron chi connectivity index (χ0n) is 16.0. The number of allylic oxidation sites excluding steroid dienone is 1. The molecule has 0 N–H and O–H groups in total. The molecule has 1 heterocycles. The molecule has 2 aromatic rings. The maximum absolute atomic E-state index is 13.2. The minimum Gasteiger partial charge on any atom is -0.477 e. The van der Waals surface area contributed by atoms with E-state index in [1.54, 1.807) is 39.0 Å². The lowest BCUT2D eigenvalue weighted by atomic mass is 9.90. The molecule has 1 aliphatic rings. The van der Waals surface area contributed by atoms with Gasteiger partial charge in [0.25, 0.3) is 5.91 Å². The molecule has 0 radical (unpaired) electrons. The predicted octanol–water partition coefficient (Wildman–Crippen LogP) is 5.13. The number of halogens is 2. The van der Waals surface area contributed by atoms with Gasteiger partial charge in [0, 0.05) is 16.5 Å². The summed E-state index contributed by atoms with van der Waals surface area (Å²) in [5, 5.41) is 0.936. The van der Waals surface area contributed by atoms with Crippen LogP contribution in [0.1, 0.15) is 31.9 Å². The molecule has 4 nitrogen and oxygen atoms in total. The molecule has 0 saturated heterocycles. The third kappa shape index (κ3) is 4.08. The summed E-state index contributed by atoms with van der Waals surface area (Å²) >= 11 is 12.1. The van der Waals surface area contributed by atoms with Gasteiger partial charge in [-0.3, -0.25) is 14.5 Å². The lowest BCUT2D eigenvalue weighted by Gasteiger charge is -2.40. The summed E-state index contributed by atoms with van der Waals surface area (Å²) in [5.41, 5.74) is 0.876. The fourth-order valence-electron chi connectivity index (χ4n) is 3.19. The van der Waals surface area contributed by atoms with Crippen LogP contribution in [0.4, 0.5) is 0 Å². The second kappa shape index (κ2) is 7.98. The van der Waals surface area contributed by atoms with Crippen molar-refractivity contribution >= 4 is 40.5 Å². The number of amides is 1. The molecule has 0 saturated carbocycles. The van der Waals surface area contributed by atoms with Gasteiger partial charge in [-0.25, -0.2) is 0 Å². The van der Waals surface area contributed by atoms with Crippen molar-refractivity contribution in [1.82, 2.24) is 4.90 Å². The van der Waals surface area contributed by atoms with Crippen LogP contribution in [0.2, 0.25) is 10.0 Å². The molecule has 2 aromatic carbocycles. The molecular weight excluding hydrogens is 397 g/mol. The molecule has 1 aliphatic heterocycles. The Morgan fingerprint density at radius 2 is 1.71 bits per heavy atom.